The normalized spacial score (nSPS) is 14.9. The minimum atomic E-state index is -1.26. The lowest BCUT2D eigenvalue weighted by Crippen LogP contribution is -2.34. The summed E-state index contributed by atoms with van der Waals surface area (Å²) in [5.41, 5.74) is 6.77. The molecule has 1 aliphatic heterocycles. The third-order valence-electron chi connectivity index (χ3n) is 5.80. The molecule has 0 atom stereocenters. The highest BCUT2D eigenvalue weighted by Crippen LogP contribution is 2.39. The molecule has 168 valence electrons. The first-order chi connectivity index (χ1) is 15.7. The molecule has 0 radical (unpaired) electrons. The van der Waals surface area contributed by atoms with Crippen molar-refractivity contribution < 1.29 is 18.0 Å². The number of para-hydroxylation sites is 1. The topological polar surface area (TPSA) is 98.7 Å². The van der Waals surface area contributed by atoms with E-state index >= 15 is 0 Å². The summed E-state index contributed by atoms with van der Waals surface area (Å²) in [5, 5.41) is 7.80. The zero-order valence-electron chi connectivity index (χ0n) is 17.8. The molecule has 7 nitrogen and oxygen atoms in total. The number of fused-ring (bicyclic) bond motifs is 2. The van der Waals surface area contributed by atoms with Gasteiger partial charge in [-0.1, -0.05) is 32.0 Å². The SMILES string of the molecule is CC1(C)CC(=O)Nc2nc(-n3nc(Cc4c(F)ccc(F)c4F)c4ccccc43)nc(N)c21. The van der Waals surface area contributed by atoms with Crippen molar-refractivity contribution in [1.29, 1.82) is 0 Å². The van der Waals surface area contributed by atoms with Crippen LogP contribution in [0, 0.1) is 17.5 Å². The van der Waals surface area contributed by atoms with E-state index in [9.17, 15) is 18.0 Å². The molecule has 0 unspecified atom stereocenters. The molecular weight excluding hydrogens is 433 g/mol. The van der Waals surface area contributed by atoms with E-state index in [1.54, 1.807) is 24.3 Å². The van der Waals surface area contributed by atoms with Crippen LogP contribution in [-0.2, 0) is 16.6 Å². The quantitative estimate of drug-likeness (QED) is 0.458. The average molecular weight is 452 g/mol. The number of carbonyl (C=O) groups excluding carboxylic acids is 1. The summed E-state index contributed by atoms with van der Waals surface area (Å²) >= 11 is 0. The second-order valence-electron chi connectivity index (χ2n) is 8.62. The third-order valence-corrected chi connectivity index (χ3v) is 5.80. The Morgan fingerprint density at radius 2 is 1.82 bits per heavy atom. The molecule has 4 aromatic rings. The number of nitrogens with zero attached hydrogens (tertiary/aromatic N) is 4. The van der Waals surface area contributed by atoms with E-state index in [-0.39, 0.29) is 30.5 Å². The number of anilines is 2. The number of hydrogen-bond acceptors (Lipinski definition) is 5. The van der Waals surface area contributed by atoms with Crippen molar-refractivity contribution in [3.63, 3.8) is 0 Å². The van der Waals surface area contributed by atoms with Crippen LogP contribution in [-0.4, -0.2) is 25.7 Å². The smallest absolute Gasteiger partial charge is 0.255 e. The maximum Gasteiger partial charge on any atom is 0.255 e. The van der Waals surface area contributed by atoms with Crippen LogP contribution in [0.1, 0.15) is 37.1 Å². The first-order valence-corrected chi connectivity index (χ1v) is 10.2. The molecule has 0 aliphatic carbocycles. The van der Waals surface area contributed by atoms with Gasteiger partial charge in [-0.3, -0.25) is 4.79 Å². The number of rotatable bonds is 3. The first kappa shape index (κ1) is 20.9. The molecule has 0 saturated carbocycles. The lowest BCUT2D eigenvalue weighted by molar-refractivity contribution is -0.117. The first-order valence-electron chi connectivity index (χ1n) is 10.2. The Morgan fingerprint density at radius 3 is 2.61 bits per heavy atom. The second kappa shape index (κ2) is 7.29. The van der Waals surface area contributed by atoms with Gasteiger partial charge in [0.15, 0.2) is 11.6 Å². The van der Waals surface area contributed by atoms with E-state index in [0.29, 0.717) is 28.0 Å². The van der Waals surface area contributed by atoms with Gasteiger partial charge in [0.2, 0.25) is 5.91 Å². The summed E-state index contributed by atoms with van der Waals surface area (Å²) in [7, 11) is 0. The summed E-state index contributed by atoms with van der Waals surface area (Å²) in [4.78, 5) is 21.1. The van der Waals surface area contributed by atoms with E-state index in [1.165, 1.54) is 4.68 Å². The Morgan fingerprint density at radius 1 is 1.09 bits per heavy atom. The molecule has 3 heterocycles. The van der Waals surface area contributed by atoms with Crippen LogP contribution in [0.25, 0.3) is 16.9 Å². The third kappa shape index (κ3) is 3.38. The van der Waals surface area contributed by atoms with Crippen LogP contribution >= 0.6 is 0 Å². The lowest BCUT2D eigenvalue weighted by Gasteiger charge is -2.31. The van der Waals surface area contributed by atoms with Gasteiger partial charge in [-0.15, -0.1) is 0 Å². The number of nitrogens with two attached hydrogens (primary N) is 1. The fourth-order valence-electron chi connectivity index (χ4n) is 4.30. The molecule has 5 rings (SSSR count). The fourth-order valence-corrected chi connectivity index (χ4v) is 4.30. The number of nitrogens with one attached hydrogen (secondary N) is 1. The zero-order chi connectivity index (χ0) is 23.5. The Balaban J connectivity index is 1.67. The predicted octanol–water partition coefficient (Wildman–Crippen LogP) is 4.03. The molecule has 0 bridgehead atoms. The van der Waals surface area contributed by atoms with Crippen molar-refractivity contribution in [2.75, 3.05) is 11.1 Å². The second-order valence-corrected chi connectivity index (χ2v) is 8.62. The van der Waals surface area contributed by atoms with Crippen molar-refractivity contribution in [3.05, 3.63) is 70.7 Å². The van der Waals surface area contributed by atoms with Crippen molar-refractivity contribution >= 4 is 28.4 Å². The van der Waals surface area contributed by atoms with Crippen LogP contribution in [0.3, 0.4) is 0 Å². The molecule has 0 fully saturated rings. The number of halogens is 3. The van der Waals surface area contributed by atoms with E-state index < -0.39 is 28.4 Å². The Kier molecular flexibility index (Phi) is 4.62. The maximum atomic E-state index is 14.3. The summed E-state index contributed by atoms with van der Waals surface area (Å²) < 4.78 is 43.7. The molecule has 2 aromatic heterocycles. The van der Waals surface area contributed by atoms with Crippen LogP contribution in [0.5, 0.6) is 0 Å². The van der Waals surface area contributed by atoms with Gasteiger partial charge in [0.25, 0.3) is 5.95 Å². The van der Waals surface area contributed by atoms with Crippen molar-refractivity contribution in [3.8, 4) is 5.95 Å². The van der Waals surface area contributed by atoms with Gasteiger partial charge in [-0.25, -0.2) is 13.2 Å². The molecule has 3 N–H and O–H groups in total. The zero-order valence-corrected chi connectivity index (χ0v) is 17.8. The summed E-state index contributed by atoms with van der Waals surface area (Å²) in [6.45, 7) is 3.76. The van der Waals surface area contributed by atoms with Crippen LogP contribution in [0.2, 0.25) is 0 Å². The molecule has 2 aromatic carbocycles. The number of nitrogen functional groups attached to an aromatic ring is 1. The number of hydrogen-bond donors (Lipinski definition) is 2. The summed E-state index contributed by atoms with van der Waals surface area (Å²) in [6.07, 6.45) is -0.0420. The largest absolute Gasteiger partial charge is 0.383 e. The van der Waals surface area contributed by atoms with Gasteiger partial charge in [0.05, 0.1) is 11.2 Å². The minimum absolute atomic E-state index is 0.0897. The Labute approximate surface area is 186 Å². The molecule has 1 amide bonds. The van der Waals surface area contributed by atoms with Crippen molar-refractivity contribution in [2.45, 2.75) is 32.1 Å². The number of benzene rings is 2. The maximum absolute atomic E-state index is 14.3. The minimum Gasteiger partial charge on any atom is -0.383 e. The molecule has 0 spiro atoms. The highest BCUT2D eigenvalue weighted by Gasteiger charge is 2.36. The number of amides is 1. The summed E-state index contributed by atoms with van der Waals surface area (Å²) in [6, 6.07) is 8.61. The lowest BCUT2D eigenvalue weighted by atomic mass is 9.79. The van der Waals surface area contributed by atoms with E-state index in [2.05, 4.69) is 20.4 Å². The van der Waals surface area contributed by atoms with Gasteiger partial charge in [-0.05, 0) is 18.2 Å². The van der Waals surface area contributed by atoms with Gasteiger partial charge >= 0.3 is 0 Å². The van der Waals surface area contributed by atoms with Gasteiger partial charge in [-0.2, -0.15) is 19.7 Å². The molecular formula is C23H19F3N6O. The Hall–Kier alpha value is -3.95. The predicted molar refractivity (Wildman–Crippen MR) is 116 cm³/mol. The Bertz CT molecular complexity index is 1450. The van der Waals surface area contributed by atoms with Gasteiger partial charge < -0.3 is 11.1 Å². The van der Waals surface area contributed by atoms with Crippen LogP contribution < -0.4 is 11.1 Å². The molecule has 0 saturated heterocycles. The average Bonchev–Trinajstić information content (AvgIpc) is 3.11. The molecule has 1 aliphatic rings. The fraction of sp³-hybridized carbons (Fsp3) is 0.217. The monoisotopic (exact) mass is 452 g/mol. The van der Waals surface area contributed by atoms with E-state index in [4.69, 9.17) is 5.73 Å². The van der Waals surface area contributed by atoms with Gasteiger partial charge in [0.1, 0.15) is 17.5 Å². The highest BCUT2D eigenvalue weighted by molar-refractivity contribution is 5.95. The van der Waals surface area contributed by atoms with E-state index in [0.717, 1.165) is 12.1 Å². The van der Waals surface area contributed by atoms with Crippen LogP contribution in [0.15, 0.2) is 36.4 Å². The van der Waals surface area contributed by atoms with Crippen LogP contribution in [0.4, 0.5) is 24.8 Å². The number of aromatic nitrogens is 4. The molecule has 33 heavy (non-hydrogen) atoms. The standard InChI is InChI=1S/C23H19F3N6O/c1-23(2)10-17(33)28-21-18(23)20(27)29-22(30-21)32-16-6-4-3-5-11(16)15(31-32)9-12-13(24)7-8-14(25)19(12)26/h3-8H,9-10H2,1-2H3,(H3,27,28,29,30,33). The number of carbonyl (C=O) groups is 1. The van der Waals surface area contributed by atoms with E-state index in [1.807, 2.05) is 13.8 Å². The van der Waals surface area contributed by atoms with Gasteiger partial charge in [0, 0.05) is 34.8 Å². The highest BCUT2D eigenvalue weighted by atomic mass is 19.2. The van der Waals surface area contributed by atoms with Crippen molar-refractivity contribution in [2.24, 2.45) is 0 Å². The molecule has 10 heteroatoms. The van der Waals surface area contributed by atoms with Crippen molar-refractivity contribution in [1.82, 2.24) is 19.7 Å². The summed E-state index contributed by atoms with van der Waals surface area (Å²) in [5.74, 6) is -2.88.